The second kappa shape index (κ2) is 11.2. The Morgan fingerprint density at radius 1 is 1.31 bits per heavy atom. The van der Waals surface area contributed by atoms with Gasteiger partial charge in [-0.25, -0.2) is 0 Å². The van der Waals surface area contributed by atoms with Crippen LogP contribution in [0.25, 0.3) is 10.4 Å². The number of carboxylic acid groups (broad SMARTS) is 1. The van der Waals surface area contributed by atoms with Crippen molar-refractivity contribution in [1.29, 1.82) is 0 Å². The number of rotatable bonds is 7. The minimum atomic E-state index is -1.45. The van der Waals surface area contributed by atoms with Gasteiger partial charge in [0, 0.05) is 10.7 Å². The zero-order chi connectivity index (χ0) is 24.5. The molecule has 3 saturated heterocycles. The third-order valence-electron chi connectivity index (χ3n) is 5.79. The van der Waals surface area contributed by atoms with Crippen LogP contribution in [0.3, 0.4) is 0 Å². The van der Waals surface area contributed by atoms with Gasteiger partial charge in [0.05, 0.1) is 19.1 Å². The fraction of sp³-hybridized carbons (Fsp3) is 0.571. The molecule has 1 aromatic carbocycles. The molecule has 3 fully saturated rings. The van der Waals surface area contributed by atoms with Gasteiger partial charge in [0.2, 0.25) is 11.8 Å². The zero-order valence-corrected chi connectivity index (χ0v) is 20.3. The van der Waals surface area contributed by atoms with Gasteiger partial charge in [0.25, 0.3) is 0 Å². The molecule has 0 unspecified atom stereocenters. The molecule has 1 N–H and O–H groups in total. The Labute approximate surface area is 217 Å². The summed E-state index contributed by atoms with van der Waals surface area (Å²) in [6, 6.07) is 7.15. The molecule has 35 heavy (non-hydrogen) atoms. The predicted molar refractivity (Wildman–Crippen MR) is 117 cm³/mol. The largest absolute Gasteiger partial charge is 1.00 e. The number of carbonyl (C=O) groups excluding carboxylic acids is 3. The summed E-state index contributed by atoms with van der Waals surface area (Å²) in [4.78, 5) is 41.3. The summed E-state index contributed by atoms with van der Waals surface area (Å²) in [7, 11) is 0. The molecule has 3 heterocycles. The summed E-state index contributed by atoms with van der Waals surface area (Å²) >= 11 is 1.31. The Balaban J connectivity index is 0.00000342. The van der Waals surface area contributed by atoms with E-state index >= 15 is 0 Å². The maximum Gasteiger partial charge on any atom is 1.00 e. The van der Waals surface area contributed by atoms with Gasteiger partial charge in [-0.05, 0) is 24.9 Å². The molecule has 14 heteroatoms. The number of fused-ring (bicyclic) bond motifs is 2. The van der Waals surface area contributed by atoms with E-state index in [4.69, 9.17) is 19.7 Å². The Kier molecular flexibility index (Phi) is 8.77. The number of hydrogen-bond acceptors (Lipinski definition) is 9. The molecular weight excluding hydrogens is 473 g/mol. The van der Waals surface area contributed by atoms with E-state index in [0.717, 1.165) is 5.56 Å². The first-order valence-corrected chi connectivity index (χ1v) is 11.7. The first kappa shape index (κ1) is 27.4. The average Bonchev–Trinajstić information content (AvgIpc) is 3.35. The molecule has 0 spiro atoms. The van der Waals surface area contributed by atoms with Crippen molar-refractivity contribution in [1.82, 2.24) is 10.2 Å². The van der Waals surface area contributed by atoms with Crippen LogP contribution in [0.15, 0.2) is 35.4 Å². The molecule has 6 atom stereocenters. The van der Waals surface area contributed by atoms with E-state index in [1.807, 2.05) is 30.3 Å². The van der Waals surface area contributed by atoms with Gasteiger partial charge < -0.3 is 34.3 Å². The van der Waals surface area contributed by atoms with Crippen LogP contribution >= 0.6 is 11.8 Å². The minimum absolute atomic E-state index is 0. The van der Waals surface area contributed by atoms with Crippen LogP contribution in [-0.4, -0.2) is 76.5 Å². The zero-order valence-electron chi connectivity index (χ0n) is 19.5. The van der Waals surface area contributed by atoms with Crippen LogP contribution in [0.5, 0.6) is 0 Å². The van der Waals surface area contributed by atoms with Crippen LogP contribution in [-0.2, 0) is 35.2 Å². The third-order valence-corrected chi connectivity index (χ3v) is 7.14. The summed E-state index contributed by atoms with van der Waals surface area (Å²) in [5, 5.41) is 16.1. The maximum absolute atomic E-state index is 13.6. The van der Waals surface area contributed by atoms with E-state index in [9.17, 15) is 19.5 Å². The van der Waals surface area contributed by atoms with Crippen molar-refractivity contribution in [3.63, 3.8) is 0 Å². The van der Waals surface area contributed by atoms with Crippen molar-refractivity contribution in [3.05, 3.63) is 46.3 Å². The molecule has 0 aromatic heterocycles. The van der Waals surface area contributed by atoms with Crippen molar-refractivity contribution < 1.29 is 52.6 Å². The van der Waals surface area contributed by atoms with Crippen LogP contribution in [0, 0.1) is 0 Å². The van der Waals surface area contributed by atoms with Crippen molar-refractivity contribution >= 4 is 29.5 Å². The van der Waals surface area contributed by atoms with Crippen molar-refractivity contribution in [3.8, 4) is 0 Å². The van der Waals surface area contributed by atoms with Crippen molar-refractivity contribution in [2.24, 2.45) is 5.11 Å². The van der Waals surface area contributed by atoms with E-state index in [1.54, 1.807) is 13.8 Å². The molecule has 0 saturated carbocycles. The molecule has 4 rings (SSSR count). The summed E-state index contributed by atoms with van der Waals surface area (Å²) < 4.78 is 18.4. The SMILES string of the molecule is CC1(C)O[C@H]2[C@H](O1)[C@@H](N=[N+]=[N-])C(=O)N1[C@H](C(=O)NCC(=O)[O-])CS[C@H]1[C@H]2OCc1ccccc1.[Li+]. The fourth-order valence-corrected chi connectivity index (χ4v) is 5.95. The maximum atomic E-state index is 13.6. The standard InChI is InChI=1S/C21H25N5O7S.Li/c1-21(2)32-15-14(24-25-22)19(30)26-12(18(29)23-8-13(27)28)10-34-20(26)17(16(15)33-21)31-9-11-6-4-3-5-7-11;/h3-7,12,14-17,20H,8-10H2,1-2H3,(H,23,29)(H,27,28);/q;+1/p-1/t12-,14+,15+,16-,17-,20-;/m0./s1. The van der Waals surface area contributed by atoms with E-state index in [-0.39, 0.29) is 31.2 Å². The van der Waals surface area contributed by atoms with Gasteiger partial charge in [0.1, 0.15) is 35.8 Å². The van der Waals surface area contributed by atoms with Gasteiger partial charge in [0.15, 0.2) is 5.79 Å². The predicted octanol–water partition coefficient (Wildman–Crippen LogP) is -3.08. The Morgan fingerprint density at radius 3 is 2.66 bits per heavy atom. The second-order valence-electron chi connectivity index (χ2n) is 8.55. The molecule has 12 nitrogen and oxygen atoms in total. The number of carboxylic acids is 1. The van der Waals surface area contributed by atoms with Gasteiger partial charge in [-0.3, -0.25) is 9.59 Å². The van der Waals surface area contributed by atoms with Gasteiger partial charge in [-0.2, -0.15) is 0 Å². The molecule has 0 aliphatic carbocycles. The monoisotopic (exact) mass is 497 g/mol. The third kappa shape index (κ3) is 5.78. The smallest absolute Gasteiger partial charge is 0.548 e. The Morgan fingerprint density at radius 2 is 2.00 bits per heavy atom. The summed E-state index contributed by atoms with van der Waals surface area (Å²) in [6.07, 6.45) is -2.42. The number of nitrogens with one attached hydrogen (secondary N) is 1. The first-order chi connectivity index (χ1) is 16.2. The number of hydrogen-bond donors (Lipinski definition) is 1. The second-order valence-corrected chi connectivity index (χ2v) is 9.70. The molecule has 182 valence electrons. The summed E-state index contributed by atoms with van der Waals surface area (Å²) in [6.45, 7) is 2.92. The van der Waals surface area contributed by atoms with Crippen molar-refractivity contribution in [2.45, 2.75) is 62.0 Å². The van der Waals surface area contributed by atoms with Gasteiger partial charge in [-0.1, -0.05) is 35.4 Å². The number of carbonyl (C=O) groups is 3. The number of thioether (sulfide) groups is 1. The van der Waals surface area contributed by atoms with Crippen molar-refractivity contribution in [2.75, 3.05) is 12.3 Å². The Hall–Kier alpha value is -2.23. The fourth-order valence-electron chi connectivity index (χ4n) is 4.42. The number of azide groups is 1. The topological polar surface area (TPSA) is 166 Å². The van der Waals surface area contributed by atoms with E-state index < -0.39 is 65.9 Å². The van der Waals surface area contributed by atoms with Crippen LogP contribution in [0.4, 0.5) is 0 Å². The van der Waals surface area contributed by atoms with Gasteiger partial charge >= 0.3 is 18.9 Å². The van der Waals surface area contributed by atoms with E-state index in [2.05, 4.69) is 15.3 Å². The minimum Gasteiger partial charge on any atom is -0.548 e. The molecule has 0 bridgehead atoms. The number of ether oxygens (including phenoxy) is 3. The molecule has 1 aromatic rings. The van der Waals surface area contributed by atoms with E-state index in [0.29, 0.717) is 0 Å². The average molecular weight is 497 g/mol. The summed E-state index contributed by atoms with van der Waals surface area (Å²) in [5.74, 6) is -3.56. The molecule has 2 amide bonds. The van der Waals surface area contributed by atoms with E-state index in [1.165, 1.54) is 16.7 Å². The number of aliphatic carboxylic acids is 1. The number of nitrogens with zero attached hydrogens (tertiary/aromatic N) is 4. The first-order valence-electron chi connectivity index (χ1n) is 10.7. The molecule has 3 aliphatic heterocycles. The van der Waals surface area contributed by atoms with Crippen LogP contribution in [0.1, 0.15) is 19.4 Å². The number of amides is 2. The quantitative estimate of drug-likeness (QED) is 0.179. The summed E-state index contributed by atoms with van der Waals surface area (Å²) in [5.41, 5.74) is 10.1. The normalized spacial score (nSPS) is 30.8. The Bertz CT molecular complexity index is 1010. The number of benzene rings is 1. The molecule has 3 aliphatic rings. The molecular formula is C21H24LiN5O7S. The van der Waals surface area contributed by atoms with Crippen LogP contribution in [0.2, 0.25) is 0 Å². The van der Waals surface area contributed by atoms with Gasteiger partial charge in [-0.15, -0.1) is 11.8 Å². The van der Waals surface area contributed by atoms with Crippen LogP contribution < -0.4 is 29.3 Å². The molecule has 0 radical (unpaired) electrons.